The largest absolute Gasteiger partial charge is 0.496 e. The van der Waals surface area contributed by atoms with Crippen LogP contribution in [0, 0.1) is 0 Å². The molecular formula is C11H17NO4S. The third-order valence-electron chi connectivity index (χ3n) is 2.28. The lowest BCUT2D eigenvalue weighted by molar-refractivity contribution is 0.217. The minimum Gasteiger partial charge on any atom is -0.496 e. The molecule has 0 aliphatic rings. The van der Waals surface area contributed by atoms with Gasteiger partial charge in [-0.05, 0) is 18.2 Å². The summed E-state index contributed by atoms with van der Waals surface area (Å²) in [6, 6.07) is 4.95. The molecule has 96 valence electrons. The van der Waals surface area contributed by atoms with E-state index in [0.717, 1.165) is 0 Å². The first kappa shape index (κ1) is 13.8. The van der Waals surface area contributed by atoms with Gasteiger partial charge in [0.15, 0.2) is 9.84 Å². The Kier molecular flexibility index (Phi) is 4.77. The summed E-state index contributed by atoms with van der Waals surface area (Å²) in [7, 11) is -0.241. The zero-order valence-electron chi connectivity index (χ0n) is 9.97. The Labute approximate surface area is 101 Å². The quantitative estimate of drug-likeness (QED) is 0.766. The molecule has 0 aromatic heterocycles. The molecule has 0 heterocycles. The first-order chi connectivity index (χ1) is 7.98. The molecular weight excluding hydrogens is 242 g/mol. The van der Waals surface area contributed by atoms with Gasteiger partial charge < -0.3 is 15.2 Å². The van der Waals surface area contributed by atoms with Gasteiger partial charge in [0.05, 0.1) is 25.2 Å². The van der Waals surface area contributed by atoms with Crippen molar-refractivity contribution in [1.82, 2.24) is 0 Å². The minimum atomic E-state index is -3.21. The van der Waals surface area contributed by atoms with E-state index in [2.05, 4.69) is 0 Å². The Morgan fingerprint density at radius 1 is 1.29 bits per heavy atom. The van der Waals surface area contributed by atoms with Gasteiger partial charge in [-0.1, -0.05) is 0 Å². The van der Waals surface area contributed by atoms with E-state index >= 15 is 0 Å². The van der Waals surface area contributed by atoms with Crippen LogP contribution in [-0.4, -0.2) is 35.0 Å². The van der Waals surface area contributed by atoms with Crippen LogP contribution in [0.25, 0.3) is 0 Å². The Morgan fingerprint density at radius 3 is 2.59 bits per heavy atom. The van der Waals surface area contributed by atoms with Crippen molar-refractivity contribution < 1.29 is 17.9 Å². The van der Waals surface area contributed by atoms with E-state index in [0.29, 0.717) is 17.0 Å². The van der Waals surface area contributed by atoms with E-state index < -0.39 is 9.84 Å². The smallest absolute Gasteiger partial charge is 0.156 e. The van der Waals surface area contributed by atoms with Gasteiger partial charge in [-0.2, -0.15) is 0 Å². The summed E-state index contributed by atoms with van der Waals surface area (Å²) < 4.78 is 33.4. The molecule has 0 saturated carbocycles. The van der Waals surface area contributed by atoms with Crippen LogP contribution < -0.4 is 10.5 Å². The molecule has 1 aromatic carbocycles. The summed E-state index contributed by atoms with van der Waals surface area (Å²) in [5.41, 5.74) is 6.72. The van der Waals surface area contributed by atoms with Crippen molar-refractivity contribution in [3.8, 4) is 5.75 Å². The summed E-state index contributed by atoms with van der Waals surface area (Å²) in [4.78, 5) is 0. The maximum atomic E-state index is 11.8. The van der Waals surface area contributed by atoms with Gasteiger partial charge in [0.1, 0.15) is 5.75 Å². The molecule has 0 fully saturated rings. The fourth-order valence-electron chi connectivity index (χ4n) is 1.43. The van der Waals surface area contributed by atoms with Crippen molar-refractivity contribution in [1.29, 1.82) is 0 Å². The van der Waals surface area contributed by atoms with E-state index in [4.69, 9.17) is 15.2 Å². The number of benzene rings is 1. The van der Waals surface area contributed by atoms with Crippen molar-refractivity contribution in [2.75, 3.05) is 32.3 Å². The topological polar surface area (TPSA) is 78.6 Å². The zero-order chi connectivity index (χ0) is 12.9. The maximum absolute atomic E-state index is 11.8. The van der Waals surface area contributed by atoms with Crippen molar-refractivity contribution >= 4 is 15.5 Å². The van der Waals surface area contributed by atoms with Gasteiger partial charge in [-0.15, -0.1) is 0 Å². The first-order valence-electron chi connectivity index (χ1n) is 5.10. The van der Waals surface area contributed by atoms with Gasteiger partial charge in [-0.3, -0.25) is 0 Å². The standard InChI is InChI=1S/C11H17NO4S/c1-15-5-6-17(13,14)8-9-7-10(12)3-4-11(9)16-2/h3-4,7H,5-6,8,12H2,1-2H3. The first-order valence-corrected chi connectivity index (χ1v) is 6.92. The number of hydrogen-bond donors (Lipinski definition) is 1. The Hall–Kier alpha value is -1.27. The molecule has 0 amide bonds. The summed E-state index contributed by atoms with van der Waals surface area (Å²) >= 11 is 0. The number of ether oxygens (including phenoxy) is 2. The van der Waals surface area contributed by atoms with Crippen molar-refractivity contribution in [2.45, 2.75) is 5.75 Å². The van der Waals surface area contributed by atoms with Crippen molar-refractivity contribution in [3.63, 3.8) is 0 Å². The number of nitrogen functional groups attached to an aromatic ring is 1. The number of sulfone groups is 1. The Bertz CT molecular complexity index is 470. The molecule has 0 spiro atoms. The van der Waals surface area contributed by atoms with Gasteiger partial charge in [-0.25, -0.2) is 8.42 Å². The Balaban J connectivity index is 2.90. The zero-order valence-corrected chi connectivity index (χ0v) is 10.8. The Morgan fingerprint density at radius 2 is 2.00 bits per heavy atom. The molecule has 5 nitrogen and oxygen atoms in total. The molecule has 0 radical (unpaired) electrons. The van der Waals surface area contributed by atoms with Gasteiger partial charge in [0, 0.05) is 18.4 Å². The molecule has 6 heteroatoms. The molecule has 1 aromatic rings. The van der Waals surface area contributed by atoms with Crippen LogP contribution in [0.2, 0.25) is 0 Å². The van der Waals surface area contributed by atoms with E-state index in [-0.39, 0.29) is 18.1 Å². The molecule has 2 N–H and O–H groups in total. The fourth-order valence-corrected chi connectivity index (χ4v) is 2.70. The molecule has 0 aliphatic carbocycles. The molecule has 0 unspecified atom stereocenters. The monoisotopic (exact) mass is 259 g/mol. The van der Waals surface area contributed by atoms with Gasteiger partial charge in [0.25, 0.3) is 0 Å². The van der Waals surface area contributed by atoms with E-state index in [1.165, 1.54) is 14.2 Å². The van der Waals surface area contributed by atoms with Crippen LogP contribution in [0.15, 0.2) is 18.2 Å². The lowest BCUT2D eigenvalue weighted by Gasteiger charge is -2.09. The fraction of sp³-hybridized carbons (Fsp3) is 0.455. The highest BCUT2D eigenvalue weighted by Gasteiger charge is 2.15. The van der Waals surface area contributed by atoms with Crippen LogP contribution in [0.5, 0.6) is 5.75 Å². The number of rotatable bonds is 6. The van der Waals surface area contributed by atoms with E-state index in [1.807, 2.05) is 0 Å². The second-order valence-corrected chi connectivity index (χ2v) is 5.84. The third-order valence-corrected chi connectivity index (χ3v) is 3.82. The summed E-state index contributed by atoms with van der Waals surface area (Å²) in [5, 5.41) is 0. The van der Waals surface area contributed by atoms with Crippen LogP contribution in [0.3, 0.4) is 0 Å². The highest BCUT2D eigenvalue weighted by molar-refractivity contribution is 7.90. The average Bonchev–Trinajstić information content (AvgIpc) is 2.26. The van der Waals surface area contributed by atoms with Crippen molar-refractivity contribution in [2.24, 2.45) is 0 Å². The number of hydrogen-bond acceptors (Lipinski definition) is 5. The highest BCUT2D eigenvalue weighted by atomic mass is 32.2. The van der Waals surface area contributed by atoms with Gasteiger partial charge >= 0.3 is 0 Å². The SMILES string of the molecule is COCCS(=O)(=O)Cc1cc(N)ccc1OC. The van der Waals surface area contributed by atoms with Crippen LogP contribution in [0.1, 0.15) is 5.56 Å². The predicted octanol–water partition coefficient (Wildman–Crippen LogP) is 0.839. The number of nitrogens with two attached hydrogens (primary N) is 1. The van der Waals surface area contributed by atoms with Crippen molar-refractivity contribution in [3.05, 3.63) is 23.8 Å². The van der Waals surface area contributed by atoms with E-state index in [1.54, 1.807) is 18.2 Å². The highest BCUT2D eigenvalue weighted by Crippen LogP contribution is 2.23. The molecule has 1 rings (SSSR count). The summed E-state index contributed by atoms with van der Waals surface area (Å²) in [6.07, 6.45) is 0. The van der Waals surface area contributed by atoms with Crippen LogP contribution >= 0.6 is 0 Å². The predicted molar refractivity (Wildman–Crippen MR) is 66.8 cm³/mol. The minimum absolute atomic E-state index is 0.0124. The number of anilines is 1. The molecule has 0 saturated heterocycles. The number of methoxy groups -OCH3 is 2. The normalized spacial score (nSPS) is 11.4. The molecule has 17 heavy (non-hydrogen) atoms. The van der Waals surface area contributed by atoms with Crippen LogP contribution in [-0.2, 0) is 20.3 Å². The molecule has 0 atom stereocenters. The maximum Gasteiger partial charge on any atom is 0.156 e. The second kappa shape index (κ2) is 5.88. The second-order valence-electron chi connectivity index (χ2n) is 3.66. The summed E-state index contributed by atoms with van der Waals surface area (Å²) in [6.45, 7) is 0.187. The van der Waals surface area contributed by atoms with Gasteiger partial charge in [0.2, 0.25) is 0 Å². The van der Waals surface area contributed by atoms with E-state index in [9.17, 15) is 8.42 Å². The summed E-state index contributed by atoms with van der Waals surface area (Å²) in [5.74, 6) is 0.423. The lowest BCUT2D eigenvalue weighted by Crippen LogP contribution is -2.14. The average molecular weight is 259 g/mol. The van der Waals surface area contributed by atoms with Crippen LogP contribution in [0.4, 0.5) is 5.69 Å². The third kappa shape index (κ3) is 4.24. The molecule has 0 bridgehead atoms. The lowest BCUT2D eigenvalue weighted by atomic mass is 10.2. The molecule has 0 aliphatic heterocycles.